The van der Waals surface area contributed by atoms with Crippen LogP contribution in [-0.2, 0) is 20.9 Å². The standard InChI is InChI=1S/C21H25N3O3S/c1-23(15-5-9-28-10-6-15)19(25)17-16-4-7-21(27-16)13-24(20(26)18(17)21)12-14-3-2-8-22-11-14/h2-4,7-8,11,15-18H,5-6,9-10,12-13H2,1H3/t16-,17+,18-,21-/m0/s1. The summed E-state index contributed by atoms with van der Waals surface area (Å²) in [5.41, 5.74) is 0.346. The van der Waals surface area contributed by atoms with E-state index in [1.54, 1.807) is 12.4 Å². The quantitative estimate of drug-likeness (QED) is 0.722. The van der Waals surface area contributed by atoms with E-state index in [1.807, 2.05) is 52.9 Å². The maximum Gasteiger partial charge on any atom is 0.230 e. The fourth-order valence-electron chi connectivity index (χ4n) is 5.19. The van der Waals surface area contributed by atoms with Gasteiger partial charge in [-0.2, -0.15) is 11.8 Å². The third-order valence-corrected chi connectivity index (χ3v) is 7.70. The van der Waals surface area contributed by atoms with Crippen molar-refractivity contribution in [3.63, 3.8) is 0 Å². The molecule has 0 aromatic carbocycles. The van der Waals surface area contributed by atoms with E-state index in [0.29, 0.717) is 13.1 Å². The zero-order chi connectivity index (χ0) is 19.3. The normalized spacial score (nSPS) is 34.1. The van der Waals surface area contributed by atoms with E-state index in [1.165, 1.54) is 0 Å². The van der Waals surface area contributed by atoms with Crippen LogP contribution < -0.4 is 0 Å². The Kier molecular flexibility index (Phi) is 4.47. The van der Waals surface area contributed by atoms with Crippen molar-refractivity contribution < 1.29 is 14.3 Å². The maximum atomic E-state index is 13.4. The predicted octanol–water partition coefficient (Wildman–Crippen LogP) is 1.72. The number of amides is 2. The maximum absolute atomic E-state index is 13.4. The second-order valence-corrected chi connectivity index (χ2v) is 9.47. The molecule has 28 heavy (non-hydrogen) atoms. The summed E-state index contributed by atoms with van der Waals surface area (Å²) in [4.78, 5) is 34.6. The molecule has 1 aromatic rings. The molecule has 0 unspecified atom stereocenters. The lowest BCUT2D eigenvalue weighted by Gasteiger charge is -2.35. The number of aromatic nitrogens is 1. The van der Waals surface area contributed by atoms with Gasteiger partial charge in [0.25, 0.3) is 0 Å². The van der Waals surface area contributed by atoms with Crippen LogP contribution in [0.2, 0.25) is 0 Å². The molecule has 4 aliphatic heterocycles. The molecule has 3 fully saturated rings. The molecule has 0 aliphatic carbocycles. The van der Waals surface area contributed by atoms with Crippen molar-refractivity contribution in [3.05, 3.63) is 42.2 Å². The highest BCUT2D eigenvalue weighted by molar-refractivity contribution is 7.99. The smallest absolute Gasteiger partial charge is 0.230 e. The minimum absolute atomic E-state index is 0.0293. The average Bonchev–Trinajstić information content (AvgIpc) is 3.37. The van der Waals surface area contributed by atoms with Crippen LogP contribution in [0.5, 0.6) is 0 Å². The topological polar surface area (TPSA) is 62.7 Å². The number of ether oxygens (including phenoxy) is 1. The third kappa shape index (κ3) is 2.78. The Labute approximate surface area is 169 Å². The largest absolute Gasteiger partial charge is 0.360 e. The van der Waals surface area contributed by atoms with Crippen molar-refractivity contribution in [3.8, 4) is 0 Å². The number of nitrogens with zero attached hydrogens (tertiary/aromatic N) is 3. The van der Waals surface area contributed by atoms with Crippen molar-refractivity contribution >= 4 is 23.6 Å². The Morgan fingerprint density at radius 3 is 3.00 bits per heavy atom. The van der Waals surface area contributed by atoms with E-state index < -0.39 is 17.4 Å². The van der Waals surface area contributed by atoms with Gasteiger partial charge in [-0.3, -0.25) is 14.6 Å². The molecule has 148 valence electrons. The Morgan fingerprint density at radius 2 is 2.25 bits per heavy atom. The summed E-state index contributed by atoms with van der Waals surface area (Å²) in [6.45, 7) is 1.01. The monoisotopic (exact) mass is 399 g/mol. The van der Waals surface area contributed by atoms with Gasteiger partial charge in [-0.05, 0) is 36.0 Å². The molecule has 1 aromatic heterocycles. The fourth-order valence-corrected chi connectivity index (χ4v) is 6.28. The molecule has 3 saturated heterocycles. The lowest BCUT2D eigenvalue weighted by molar-refractivity contribution is -0.144. The second kappa shape index (κ2) is 6.88. The van der Waals surface area contributed by atoms with Crippen LogP contribution in [0.25, 0.3) is 0 Å². The van der Waals surface area contributed by atoms with Gasteiger partial charge in [0, 0.05) is 32.0 Å². The molecule has 0 saturated carbocycles. The van der Waals surface area contributed by atoms with Gasteiger partial charge >= 0.3 is 0 Å². The SMILES string of the molecule is CN(C(=O)[C@@H]1[C@@H]2C=C[C@@]3(CN(Cc4cccnc4)C(=O)[C@H]13)O2)C1CCSCC1. The van der Waals surface area contributed by atoms with Crippen molar-refractivity contribution in [2.45, 2.75) is 37.1 Å². The molecular formula is C21H25N3O3S. The third-order valence-electron chi connectivity index (χ3n) is 6.65. The minimum Gasteiger partial charge on any atom is -0.360 e. The van der Waals surface area contributed by atoms with Gasteiger partial charge in [-0.25, -0.2) is 0 Å². The molecule has 5 heterocycles. The fraction of sp³-hybridized carbons (Fsp3) is 0.571. The molecule has 2 bridgehead atoms. The zero-order valence-corrected chi connectivity index (χ0v) is 16.8. The van der Waals surface area contributed by atoms with Crippen LogP contribution in [0.3, 0.4) is 0 Å². The number of hydrogen-bond acceptors (Lipinski definition) is 5. The van der Waals surface area contributed by atoms with Crippen molar-refractivity contribution in [1.29, 1.82) is 0 Å². The van der Waals surface area contributed by atoms with Gasteiger partial charge in [-0.15, -0.1) is 0 Å². The van der Waals surface area contributed by atoms with Gasteiger partial charge in [-0.1, -0.05) is 18.2 Å². The second-order valence-electron chi connectivity index (χ2n) is 8.25. The number of thioether (sulfide) groups is 1. The first-order chi connectivity index (χ1) is 13.6. The van der Waals surface area contributed by atoms with E-state index in [4.69, 9.17) is 4.74 Å². The van der Waals surface area contributed by atoms with E-state index in [0.717, 1.165) is 29.9 Å². The summed E-state index contributed by atoms with van der Waals surface area (Å²) in [5, 5.41) is 0. The number of carbonyl (C=O) groups is 2. The molecule has 0 N–H and O–H groups in total. The highest BCUT2D eigenvalue weighted by atomic mass is 32.2. The summed E-state index contributed by atoms with van der Waals surface area (Å²) in [6, 6.07) is 4.12. The number of fused-ring (bicyclic) bond motifs is 1. The summed E-state index contributed by atoms with van der Waals surface area (Å²) < 4.78 is 6.25. The van der Waals surface area contributed by atoms with Gasteiger partial charge in [0.2, 0.25) is 11.8 Å². The zero-order valence-electron chi connectivity index (χ0n) is 16.0. The Bertz CT molecular complexity index is 810. The molecule has 2 amide bonds. The molecule has 7 heteroatoms. The number of likely N-dealkylation sites (tertiary alicyclic amines) is 1. The number of pyridine rings is 1. The summed E-state index contributed by atoms with van der Waals surface area (Å²) >= 11 is 1.95. The Balaban J connectivity index is 1.37. The summed E-state index contributed by atoms with van der Waals surface area (Å²) in [7, 11) is 1.90. The summed E-state index contributed by atoms with van der Waals surface area (Å²) in [5.74, 6) is 1.47. The van der Waals surface area contributed by atoms with Gasteiger partial charge in [0.15, 0.2) is 0 Å². The van der Waals surface area contributed by atoms with E-state index >= 15 is 0 Å². The van der Waals surface area contributed by atoms with Crippen LogP contribution in [0.15, 0.2) is 36.7 Å². The van der Waals surface area contributed by atoms with E-state index in [-0.39, 0.29) is 24.0 Å². The van der Waals surface area contributed by atoms with Crippen LogP contribution in [0, 0.1) is 11.8 Å². The first-order valence-corrected chi connectivity index (χ1v) is 11.1. The number of hydrogen-bond donors (Lipinski definition) is 0. The minimum atomic E-state index is -0.645. The lowest BCUT2D eigenvalue weighted by Crippen LogP contribution is -2.48. The lowest BCUT2D eigenvalue weighted by atomic mass is 9.76. The predicted molar refractivity (Wildman–Crippen MR) is 106 cm³/mol. The molecule has 5 rings (SSSR count). The highest BCUT2D eigenvalue weighted by Crippen LogP contribution is 2.52. The summed E-state index contributed by atoms with van der Waals surface area (Å²) in [6.07, 6.45) is 9.29. The van der Waals surface area contributed by atoms with Crippen LogP contribution >= 0.6 is 11.8 Å². The Morgan fingerprint density at radius 1 is 1.43 bits per heavy atom. The molecule has 1 spiro atoms. The first-order valence-electron chi connectivity index (χ1n) is 9.98. The van der Waals surface area contributed by atoms with E-state index in [2.05, 4.69) is 4.98 Å². The average molecular weight is 400 g/mol. The number of rotatable bonds is 4. The van der Waals surface area contributed by atoms with Crippen LogP contribution in [-0.4, -0.2) is 69.4 Å². The van der Waals surface area contributed by atoms with E-state index in [9.17, 15) is 9.59 Å². The van der Waals surface area contributed by atoms with Crippen molar-refractivity contribution in [1.82, 2.24) is 14.8 Å². The molecule has 4 atom stereocenters. The first kappa shape index (κ1) is 18.2. The molecular weight excluding hydrogens is 374 g/mol. The van der Waals surface area contributed by atoms with Gasteiger partial charge < -0.3 is 14.5 Å². The highest BCUT2D eigenvalue weighted by Gasteiger charge is 2.67. The van der Waals surface area contributed by atoms with Crippen molar-refractivity contribution in [2.75, 3.05) is 25.1 Å². The van der Waals surface area contributed by atoms with Gasteiger partial charge in [0.1, 0.15) is 5.60 Å². The Hall–Kier alpha value is -1.86. The molecule has 6 nitrogen and oxygen atoms in total. The molecule has 0 radical (unpaired) electrons. The number of carbonyl (C=O) groups excluding carboxylic acids is 2. The van der Waals surface area contributed by atoms with Gasteiger partial charge in [0.05, 0.1) is 24.5 Å². The molecule has 4 aliphatic rings. The van der Waals surface area contributed by atoms with Crippen molar-refractivity contribution in [2.24, 2.45) is 11.8 Å². The van der Waals surface area contributed by atoms with Crippen LogP contribution in [0.4, 0.5) is 0 Å². The van der Waals surface area contributed by atoms with Crippen LogP contribution in [0.1, 0.15) is 18.4 Å².